The van der Waals surface area contributed by atoms with E-state index in [1.165, 1.54) is 5.01 Å². The molecule has 0 unspecified atom stereocenters. The van der Waals surface area contributed by atoms with Crippen LogP contribution in [0.5, 0.6) is 0 Å². The van der Waals surface area contributed by atoms with Gasteiger partial charge in [-0.1, -0.05) is 29.8 Å². The molecule has 1 heterocycles. The largest absolute Gasteiger partial charge is 0.372 e. The lowest BCUT2D eigenvalue weighted by Gasteiger charge is -2.21. The maximum absolute atomic E-state index is 12.7. The number of hydrazone groups is 1. The minimum atomic E-state index is -0.326. The number of rotatable bonds is 5. The van der Waals surface area contributed by atoms with Crippen molar-refractivity contribution in [1.29, 1.82) is 0 Å². The van der Waals surface area contributed by atoms with Crippen LogP contribution >= 0.6 is 11.6 Å². The van der Waals surface area contributed by atoms with Crippen molar-refractivity contribution >= 4 is 45.5 Å². The molecule has 3 rings (SSSR count). The van der Waals surface area contributed by atoms with Gasteiger partial charge in [-0.2, -0.15) is 10.1 Å². The van der Waals surface area contributed by atoms with Crippen molar-refractivity contribution in [1.82, 2.24) is 0 Å². The molecule has 26 heavy (non-hydrogen) atoms. The first-order valence-corrected chi connectivity index (χ1v) is 9.01. The molecule has 1 amide bonds. The van der Waals surface area contributed by atoms with Crippen molar-refractivity contribution in [2.45, 2.75) is 20.8 Å². The monoisotopic (exact) mass is 368 g/mol. The van der Waals surface area contributed by atoms with Crippen LogP contribution in [0.3, 0.4) is 0 Å². The van der Waals surface area contributed by atoms with E-state index in [9.17, 15) is 4.79 Å². The number of amides is 1. The average Bonchev–Trinajstić information content (AvgIpc) is 2.93. The van der Waals surface area contributed by atoms with Crippen molar-refractivity contribution in [3.05, 3.63) is 54.1 Å². The van der Waals surface area contributed by atoms with E-state index in [1.807, 2.05) is 37.3 Å². The van der Waals surface area contributed by atoms with Gasteiger partial charge < -0.3 is 4.90 Å². The molecule has 5 nitrogen and oxygen atoms in total. The number of carbonyl (C=O) groups is 1. The standard InChI is InChI=1S/C20H21ClN4O/c1-4-24(5-2)16-11-12-17(14(3)13-16)22-18-19(21)23-25(20(18)26)15-9-7-6-8-10-15/h6-13H,4-5H2,1-3H3. The maximum atomic E-state index is 12.7. The van der Waals surface area contributed by atoms with E-state index in [1.54, 1.807) is 12.1 Å². The summed E-state index contributed by atoms with van der Waals surface area (Å²) in [5.41, 5.74) is 3.66. The fourth-order valence-electron chi connectivity index (χ4n) is 2.88. The molecule has 0 aromatic heterocycles. The Bertz CT molecular complexity index is 873. The second kappa shape index (κ2) is 7.70. The first-order chi connectivity index (χ1) is 12.5. The first-order valence-electron chi connectivity index (χ1n) is 8.63. The zero-order valence-corrected chi connectivity index (χ0v) is 15.9. The third-order valence-electron chi connectivity index (χ3n) is 4.32. The summed E-state index contributed by atoms with van der Waals surface area (Å²) in [7, 11) is 0. The highest BCUT2D eigenvalue weighted by Crippen LogP contribution is 2.27. The van der Waals surface area contributed by atoms with Gasteiger partial charge in [0.05, 0.1) is 11.4 Å². The van der Waals surface area contributed by atoms with Crippen LogP contribution in [-0.4, -0.2) is 29.9 Å². The van der Waals surface area contributed by atoms with Crippen molar-refractivity contribution in [2.24, 2.45) is 10.1 Å². The maximum Gasteiger partial charge on any atom is 0.300 e. The number of hydrogen-bond acceptors (Lipinski definition) is 4. The molecule has 0 aliphatic carbocycles. The van der Waals surface area contributed by atoms with Crippen LogP contribution in [0, 0.1) is 6.92 Å². The average molecular weight is 369 g/mol. The van der Waals surface area contributed by atoms with E-state index in [0.29, 0.717) is 11.4 Å². The molecule has 0 bridgehead atoms. The number of carbonyl (C=O) groups excluding carboxylic acids is 1. The van der Waals surface area contributed by atoms with Crippen LogP contribution in [0.15, 0.2) is 58.6 Å². The second-order valence-corrected chi connectivity index (χ2v) is 6.30. The van der Waals surface area contributed by atoms with Crippen molar-refractivity contribution in [3.63, 3.8) is 0 Å². The highest BCUT2D eigenvalue weighted by atomic mass is 35.5. The summed E-state index contributed by atoms with van der Waals surface area (Å²) in [4.78, 5) is 19.4. The summed E-state index contributed by atoms with van der Waals surface area (Å²) in [5.74, 6) is -0.326. The van der Waals surface area contributed by atoms with Crippen LogP contribution in [0.2, 0.25) is 0 Å². The summed E-state index contributed by atoms with van der Waals surface area (Å²) in [5, 5.41) is 5.53. The minimum absolute atomic E-state index is 0.103. The molecule has 0 saturated carbocycles. The Hall–Kier alpha value is -2.66. The van der Waals surface area contributed by atoms with Gasteiger partial charge in [0.1, 0.15) is 0 Å². The van der Waals surface area contributed by atoms with Crippen LogP contribution < -0.4 is 9.91 Å². The van der Waals surface area contributed by atoms with Gasteiger partial charge in [0.15, 0.2) is 10.9 Å². The third kappa shape index (κ3) is 3.48. The topological polar surface area (TPSA) is 48.3 Å². The molecule has 0 radical (unpaired) electrons. The molecule has 1 aliphatic heterocycles. The Morgan fingerprint density at radius 2 is 1.81 bits per heavy atom. The summed E-state index contributed by atoms with van der Waals surface area (Å²) >= 11 is 6.20. The van der Waals surface area contributed by atoms with Crippen molar-refractivity contribution in [3.8, 4) is 0 Å². The quantitative estimate of drug-likeness (QED) is 0.779. The number of anilines is 2. The van der Waals surface area contributed by atoms with Crippen LogP contribution in [0.25, 0.3) is 0 Å². The number of hydrogen-bond donors (Lipinski definition) is 0. The van der Waals surface area contributed by atoms with Crippen LogP contribution in [0.4, 0.5) is 17.1 Å². The molecular weight excluding hydrogens is 348 g/mol. The molecule has 6 heteroatoms. The summed E-state index contributed by atoms with van der Waals surface area (Å²) in [6, 6.07) is 15.2. The van der Waals surface area contributed by atoms with E-state index in [4.69, 9.17) is 11.6 Å². The van der Waals surface area contributed by atoms with Crippen molar-refractivity contribution < 1.29 is 4.79 Å². The van der Waals surface area contributed by atoms with Gasteiger partial charge in [-0.25, -0.2) is 4.99 Å². The number of aliphatic imine (C=N–C) groups is 1. The molecule has 2 aromatic carbocycles. The summed E-state index contributed by atoms with van der Waals surface area (Å²) in [6.07, 6.45) is 0. The number of benzene rings is 2. The first kappa shape index (κ1) is 18.1. The van der Waals surface area contributed by atoms with Gasteiger partial charge in [-0.05, 0) is 56.7 Å². The lowest BCUT2D eigenvalue weighted by atomic mass is 10.1. The second-order valence-electron chi connectivity index (χ2n) is 5.95. The van der Waals surface area contributed by atoms with Gasteiger partial charge in [0.2, 0.25) is 0 Å². The molecule has 0 atom stereocenters. The predicted octanol–water partition coefficient (Wildman–Crippen LogP) is 4.51. The number of halogens is 1. The predicted molar refractivity (Wildman–Crippen MR) is 109 cm³/mol. The van der Waals surface area contributed by atoms with E-state index >= 15 is 0 Å². The Morgan fingerprint density at radius 3 is 2.42 bits per heavy atom. The molecule has 0 N–H and O–H groups in total. The summed E-state index contributed by atoms with van der Waals surface area (Å²) in [6.45, 7) is 8.10. The van der Waals surface area contributed by atoms with E-state index < -0.39 is 0 Å². The Labute approximate surface area is 158 Å². The van der Waals surface area contributed by atoms with Crippen molar-refractivity contribution in [2.75, 3.05) is 23.0 Å². The fourth-order valence-corrected chi connectivity index (χ4v) is 3.08. The lowest BCUT2D eigenvalue weighted by Crippen LogP contribution is -2.26. The molecular formula is C20H21ClN4O. The molecule has 0 fully saturated rings. The zero-order valence-electron chi connectivity index (χ0n) is 15.1. The highest BCUT2D eigenvalue weighted by molar-refractivity contribution is 6.94. The highest BCUT2D eigenvalue weighted by Gasteiger charge is 2.32. The molecule has 134 valence electrons. The normalized spacial score (nSPS) is 15.5. The lowest BCUT2D eigenvalue weighted by molar-refractivity contribution is -0.112. The van der Waals surface area contributed by atoms with Crippen LogP contribution in [0.1, 0.15) is 19.4 Å². The van der Waals surface area contributed by atoms with Gasteiger partial charge in [0.25, 0.3) is 0 Å². The van der Waals surface area contributed by atoms with Gasteiger partial charge in [0, 0.05) is 18.8 Å². The smallest absolute Gasteiger partial charge is 0.300 e. The molecule has 0 spiro atoms. The number of aryl methyl sites for hydroxylation is 1. The third-order valence-corrected chi connectivity index (χ3v) is 4.57. The molecule has 1 aliphatic rings. The Kier molecular flexibility index (Phi) is 5.38. The van der Waals surface area contributed by atoms with E-state index in [0.717, 1.165) is 24.3 Å². The molecule has 0 saturated heterocycles. The Balaban J connectivity index is 1.91. The Morgan fingerprint density at radius 1 is 1.12 bits per heavy atom. The van der Waals surface area contributed by atoms with E-state index in [-0.39, 0.29) is 16.8 Å². The van der Waals surface area contributed by atoms with Crippen LogP contribution in [-0.2, 0) is 4.79 Å². The van der Waals surface area contributed by atoms with Gasteiger partial charge in [-0.15, -0.1) is 0 Å². The number of para-hydroxylation sites is 1. The SMILES string of the molecule is CCN(CC)c1ccc(N=C2C(=O)N(c3ccccc3)N=C2Cl)c(C)c1. The summed E-state index contributed by atoms with van der Waals surface area (Å²) < 4.78 is 0. The number of nitrogens with zero attached hydrogens (tertiary/aromatic N) is 4. The van der Waals surface area contributed by atoms with Gasteiger partial charge in [-0.3, -0.25) is 4.79 Å². The fraction of sp³-hybridized carbons (Fsp3) is 0.250. The zero-order chi connectivity index (χ0) is 18.7. The van der Waals surface area contributed by atoms with E-state index in [2.05, 4.69) is 34.9 Å². The molecule has 2 aromatic rings. The minimum Gasteiger partial charge on any atom is -0.372 e. The van der Waals surface area contributed by atoms with Gasteiger partial charge >= 0.3 is 5.91 Å².